The van der Waals surface area contributed by atoms with E-state index in [9.17, 15) is 0 Å². The maximum absolute atomic E-state index is 5.64. The van der Waals surface area contributed by atoms with Crippen LogP contribution in [0.4, 0.5) is 0 Å². The largest absolute Gasteiger partial charge is 0.328 e. The first kappa shape index (κ1) is 8.27. The number of hydrogen-bond acceptors (Lipinski definition) is 1. The lowest BCUT2D eigenvalue weighted by atomic mass is 10.2. The summed E-state index contributed by atoms with van der Waals surface area (Å²) in [5.74, 6) is 1.24. The Morgan fingerprint density at radius 1 is 1.73 bits per heavy atom. The SMILES string of the molecule is CC(N)CCc1[nH]cc[n+]1C. The van der Waals surface area contributed by atoms with Crippen LogP contribution < -0.4 is 10.3 Å². The summed E-state index contributed by atoms with van der Waals surface area (Å²) in [6, 6.07) is 0.290. The fourth-order valence-electron chi connectivity index (χ4n) is 1.05. The Balaban J connectivity index is 2.44. The van der Waals surface area contributed by atoms with Gasteiger partial charge in [-0.2, -0.15) is 0 Å². The number of imidazole rings is 1. The number of aromatic nitrogens is 2. The highest BCUT2D eigenvalue weighted by atomic mass is 15.0. The van der Waals surface area contributed by atoms with Gasteiger partial charge in [-0.25, -0.2) is 9.55 Å². The van der Waals surface area contributed by atoms with Crippen LogP contribution in [0.1, 0.15) is 19.2 Å². The Morgan fingerprint density at radius 3 is 2.91 bits per heavy atom. The summed E-state index contributed by atoms with van der Waals surface area (Å²) in [4.78, 5) is 3.17. The molecule has 0 bridgehead atoms. The van der Waals surface area contributed by atoms with Crippen molar-refractivity contribution >= 4 is 0 Å². The van der Waals surface area contributed by atoms with Gasteiger partial charge in [0, 0.05) is 6.04 Å². The van der Waals surface area contributed by atoms with Crippen molar-refractivity contribution in [3.8, 4) is 0 Å². The zero-order valence-electron chi connectivity index (χ0n) is 7.17. The van der Waals surface area contributed by atoms with Gasteiger partial charge in [-0.3, -0.25) is 0 Å². The molecule has 3 N–H and O–H groups in total. The summed E-state index contributed by atoms with van der Waals surface area (Å²) in [7, 11) is 2.03. The number of nitrogens with zero attached hydrogens (tertiary/aromatic N) is 1. The van der Waals surface area contributed by atoms with Crippen molar-refractivity contribution in [1.82, 2.24) is 4.98 Å². The third-order valence-corrected chi connectivity index (χ3v) is 1.81. The molecule has 0 radical (unpaired) electrons. The molecule has 0 aliphatic rings. The predicted octanol–water partition coefficient (Wildman–Crippen LogP) is 0.119. The van der Waals surface area contributed by atoms with Gasteiger partial charge in [0.05, 0.1) is 13.5 Å². The van der Waals surface area contributed by atoms with E-state index in [0.29, 0.717) is 6.04 Å². The van der Waals surface area contributed by atoms with E-state index >= 15 is 0 Å². The summed E-state index contributed by atoms with van der Waals surface area (Å²) in [5, 5.41) is 0. The molecule has 0 aromatic carbocycles. The molecule has 3 nitrogen and oxygen atoms in total. The fourth-order valence-corrected chi connectivity index (χ4v) is 1.05. The molecule has 1 atom stereocenters. The molecule has 1 rings (SSSR count). The number of aryl methyl sites for hydroxylation is 2. The topological polar surface area (TPSA) is 45.7 Å². The molecular formula is C8H16N3+. The van der Waals surface area contributed by atoms with Crippen LogP contribution in [-0.4, -0.2) is 11.0 Å². The monoisotopic (exact) mass is 154 g/mol. The normalized spacial score (nSPS) is 13.4. The van der Waals surface area contributed by atoms with Crippen molar-refractivity contribution in [3.63, 3.8) is 0 Å². The Morgan fingerprint density at radius 2 is 2.45 bits per heavy atom. The molecule has 1 heterocycles. The van der Waals surface area contributed by atoms with Crippen LogP contribution in [-0.2, 0) is 13.5 Å². The van der Waals surface area contributed by atoms with Crippen molar-refractivity contribution in [1.29, 1.82) is 0 Å². The Labute approximate surface area is 67.2 Å². The number of nitrogens with two attached hydrogens (primary N) is 1. The lowest BCUT2D eigenvalue weighted by molar-refractivity contribution is -0.677. The zero-order valence-corrected chi connectivity index (χ0v) is 7.17. The predicted molar refractivity (Wildman–Crippen MR) is 43.9 cm³/mol. The Bertz CT molecular complexity index is 215. The van der Waals surface area contributed by atoms with Gasteiger partial charge >= 0.3 is 0 Å². The lowest BCUT2D eigenvalue weighted by Crippen LogP contribution is -2.31. The molecule has 0 spiro atoms. The van der Waals surface area contributed by atoms with Crippen molar-refractivity contribution in [2.75, 3.05) is 0 Å². The third kappa shape index (κ3) is 2.35. The molecule has 0 fully saturated rings. The molecule has 1 unspecified atom stereocenters. The van der Waals surface area contributed by atoms with E-state index in [1.807, 2.05) is 26.4 Å². The number of aromatic amines is 1. The smallest absolute Gasteiger partial charge is 0.254 e. The van der Waals surface area contributed by atoms with E-state index in [1.165, 1.54) is 5.82 Å². The van der Waals surface area contributed by atoms with Crippen LogP contribution in [0.15, 0.2) is 12.4 Å². The van der Waals surface area contributed by atoms with Gasteiger partial charge in [-0.1, -0.05) is 0 Å². The number of nitrogens with one attached hydrogen (secondary N) is 1. The molecule has 1 aromatic rings. The van der Waals surface area contributed by atoms with Crippen molar-refractivity contribution in [3.05, 3.63) is 18.2 Å². The average Bonchev–Trinajstić information content (AvgIpc) is 2.31. The highest BCUT2D eigenvalue weighted by molar-refractivity contribution is 4.78. The molecule has 0 aliphatic heterocycles. The second-order valence-electron chi connectivity index (χ2n) is 3.03. The molecular weight excluding hydrogens is 138 g/mol. The number of H-pyrrole nitrogens is 1. The maximum atomic E-state index is 5.64. The number of hydrogen-bond donors (Lipinski definition) is 2. The third-order valence-electron chi connectivity index (χ3n) is 1.81. The summed E-state index contributed by atoms with van der Waals surface area (Å²) in [6.07, 6.45) is 6.02. The van der Waals surface area contributed by atoms with Crippen molar-refractivity contribution in [2.24, 2.45) is 12.8 Å². The van der Waals surface area contributed by atoms with E-state index in [0.717, 1.165) is 12.8 Å². The second kappa shape index (κ2) is 3.53. The van der Waals surface area contributed by atoms with E-state index < -0.39 is 0 Å². The Kier molecular flexibility index (Phi) is 2.65. The zero-order chi connectivity index (χ0) is 8.27. The van der Waals surface area contributed by atoms with Gasteiger partial charge in [0.25, 0.3) is 5.82 Å². The Hall–Kier alpha value is -0.830. The summed E-state index contributed by atoms with van der Waals surface area (Å²) < 4.78 is 2.09. The number of rotatable bonds is 3. The highest BCUT2D eigenvalue weighted by Gasteiger charge is 2.06. The van der Waals surface area contributed by atoms with Crippen LogP contribution in [0, 0.1) is 0 Å². The van der Waals surface area contributed by atoms with Gasteiger partial charge < -0.3 is 5.73 Å². The molecule has 1 aromatic heterocycles. The molecule has 0 saturated heterocycles. The summed E-state index contributed by atoms with van der Waals surface area (Å²) >= 11 is 0. The van der Waals surface area contributed by atoms with Gasteiger partial charge in [-0.05, 0) is 13.3 Å². The van der Waals surface area contributed by atoms with Crippen molar-refractivity contribution < 1.29 is 4.57 Å². The molecule has 0 saturated carbocycles. The van der Waals surface area contributed by atoms with Crippen LogP contribution in [0.5, 0.6) is 0 Å². The quantitative estimate of drug-likeness (QED) is 0.597. The average molecular weight is 154 g/mol. The minimum absolute atomic E-state index is 0.290. The first-order valence-electron chi connectivity index (χ1n) is 3.97. The van der Waals surface area contributed by atoms with E-state index in [-0.39, 0.29) is 0 Å². The minimum Gasteiger partial charge on any atom is -0.328 e. The lowest BCUT2D eigenvalue weighted by Gasteiger charge is -2.00. The highest BCUT2D eigenvalue weighted by Crippen LogP contribution is 1.94. The molecule has 62 valence electrons. The van der Waals surface area contributed by atoms with Crippen LogP contribution >= 0.6 is 0 Å². The van der Waals surface area contributed by atoms with Crippen LogP contribution in [0.2, 0.25) is 0 Å². The summed E-state index contributed by atoms with van der Waals surface area (Å²) in [5.41, 5.74) is 5.64. The minimum atomic E-state index is 0.290. The van der Waals surface area contributed by atoms with Gasteiger partial charge in [0.15, 0.2) is 0 Å². The molecule has 3 heteroatoms. The van der Waals surface area contributed by atoms with Crippen LogP contribution in [0.3, 0.4) is 0 Å². The van der Waals surface area contributed by atoms with Crippen LogP contribution in [0.25, 0.3) is 0 Å². The second-order valence-corrected chi connectivity index (χ2v) is 3.03. The molecule has 11 heavy (non-hydrogen) atoms. The van der Waals surface area contributed by atoms with E-state index in [4.69, 9.17) is 5.73 Å². The molecule has 0 amide bonds. The van der Waals surface area contributed by atoms with Gasteiger partial charge in [0.2, 0.25) is 0 Å². The van der Waals surface area contributed by atoms with E-state index in [2.05, 4.69) is 9.55 Å². The van der Waals surface area contributed by atoms with Gasteiger partial charge in [0.1, 0.15) is 12.4 Å². The fraction of sp³-hybridized carbons (Fsp3) is 0.625. The molecule has 0 aliphatic carbocycles. The van der Waals surface area contributed by atoms with Gasteiger partial charge in [-0.15, -0.1) is 0 Å². The van der Waals surface area contributed by atoms with Crippen molar-refractivity contribution in [2.45, 2.75) is 25.8 Å². The van der Waals surface area contributed by atoms with E-state index in [1.54, 1.807) is 0 Å². The first-order valence-corrected chi connectivity index (χ1v) is 3.97. The summed E-state index contributed by atoms with van der Waals surface area (Å²) in [6.45, 7) is 2.03. The standard InChI is InChI=1S/C8H15N3/c1-7(9)3-4-8-10-5-6-11(8)2/h5-7H,3-4,9H2,1-2H3/p+1. The maximum Gasteiger partial charge on any atom is 0.254 e. The first-order chi connectivity index (χ1) is 5.20.